The lowest BCUT2D eigenvalue weighted by Gasteiger charge is -2.42. The number of esters is 1. The van der Waals surface area contributed by atoms with E-state index in [0.717, 1.165) is 25.3 Å². The first-order chi connectivity index (χ1) is 22.1. The minimum Gasteiger partial charge on any atom is -0.482 e. The number of halogens is 2. The summed E-state index contributed by atoms with van der Waals surface area (Å²) >= 11 is 0. The van der Waals surface area contributed by atoms with Crippen molar-refractivity contribution in [3.8, 4) is 5.75 Å². The molecule has 3 aliphatic rings. The van der Waals surface area contributed by atoms with Crippen LogP contribution in [0.25, 0.3) is 0 Å². The Balaban J connectivity index is 0.00000500. The minimum atomic E-state index is -0.966. The molecule has 250 valence electrons. The molecule has 1 fully saturated rings. The maximum atomic E-state index is 14.3. The number of oxime groups is 1. The van der Waals surface area contributed by atoms with Gasteiger partial charge in [0, 0.05) is 44.8 Å². The van der Waals surface area contributed by atoms with Crippen molar-refractivity contribution in [3.63, 3.8) is 0 Å². The number of methoxy groups -OCH3 is 1. The monoisotopic (exact) mass is 646 g/mol. The molecule has 3 atom stereocenters. The van der Waals surface area contributed by atoms with Crippen LogP contribution in [0.3, 0.4) is 0 Å². The van der Waals surface area contributed by atoms with E-state index in [-0.39, 0.29) is 44.7 Å². The molecule has 2 aromatic rings. The quantitative estimate of drug-likeness (QED) is 0.215. The third kappa shape index (κ3) is 6.56. The number of nitrogens with one attached hydrogen (secondary N) is 1. The van der Waals surface area contributed by atoms with Crippen LogP contribution in [-0.2, 0) is 25.7 Å². The first-order valence-electron chi connectivity index (χ1n) is 15.5. The van der Waals surface area contributed by atoms with E-state index in [2.05, 4.69) is 17.4 Å². The number of amides is 2. The first kappa shape index (κ1) is 32.9. The summed E-state index contributed by atoms with van der Waals surface area (Å²) in [5.74, 6) is -3.64. The standard InChI is InChI=1S/C32H38F2N4O8.H2/c1-4-5-6-7-8-26(39)44-18-45-29-27-31(42)37-17-24(32(12-11-19(37)2)14-25(43-3)36-46-32)38(27)16-22(28(29)40)30(41)35-15-20-9-10-21(33)13-23(20)34;/h9-10,13,16,19,24H,4-8,11-12,14-15,17-18H2,1-3H3,(H,35,41);1H/t19-,24+,32-;/m0./s1. The predicted octanol–water partition coefficient (Wildman–Crippen LogP) is 4.45. The third-order valence-electron chi connectivity index (χ3n) is 8.86. The molecular weight excluding hydrogens is 606 g/mol. The molecule has 1 saturated heterocycles. The van der Waals surface area contributed by atoms with Crippen LogP contribution >= 0.6 is 0 Å². The zero-order chi connectivity index (χ0) is 33.0. The summed E-state index contributed by atoms with van der Waals surface area (Å²) in [4.78, 5) is 61.2. The lowest BCUT2D eigenvalue weighted by atomic mass is 9.85. The van der Waals surface area contributed by atoms with Crippen LogP contribution < -0.4 is 15.5 Å². The third-order valence-corrected chi connectivity index (χ3v) is 8.86. The largest absolute Gasteiger partial charge is 0.482 e. The van der Waals surface area contributed by atoms with Gasteiger partial charge in [-0.2, -0.15) is 0 Å². The molecule has 0 saturated carbocycles. The molecule has 1 N–H and O–H groups in total. The summed E-state index contributed by atoms with van der Waals surface area (Å²) in [6.45, 7) is 3.14. The van der Waals surface area contributed by atoms with Gasteiger partial charge in [-0.1, -0.05) is 37.4 Å². The smallest absolute Gasteiger partial charge is 0.308 e. The van der Waals surface area contributed by atoms with Gasteiger partial charge in [-0.05, 0) is 32.3 Å². The van der Waals surface area contributed by atoms with Crippen LogP contribution in [0.2, 0.25) is 0 Å². The number of hydrogen-bond acceptors (Lipinski definition) is 9. The van der Waals surface area contributed by atoms with Crippen molar-refractivity contribution in [1.29, 1.82) is 0 Å². The molecule has 14 heteroatoms. The number of fused-ring (bicyclic) bond motifs is 5. The first-order valence-corrected chi connectivity index (χ1v) is 15.5. The van der Waals surface area contributed by atoms with Crippen LogP contribution in [0.15, 0.2) is 34.3 Å². The van der Waals surface area contributed by atoms with Crippen LogP contribution in [0.4, 0.5) is 8.78 Å². The number of unbranched alkanes of at least 4 members (excludes halogenated alkanes) is 3. The van der Waals surface area contributed by atoms with E-state index in [0.29, 0.717) is 31.2 Å². The van der Waals surface area contributed by atoms with Gasteiger partial charge in [0.1, 0.15) is 17.2 Å². The summed E-state index contributed by atoms with van der Waals surface area (Å²) in [5, 5.41) is 6.60. The van der Waals surface area contributed by atoms with Crippen molar-refractivity contribution in [2.45, 2.75) is 89.4 Å². The zero-order valence-corrected chi connectivity index (χ0v) is 26.1. The summed E-state index contributed by atoms with van der Waals surface area (Å²) in [7, 11) is 1.48. The van der Waals surface area contributed by atoms with Gasteiger partial charge in [0.15, 0.2) is 11.3 Å². The molecule has 0 radical (unpaired) electrons. The number of pyridine rings is 1. The van der Waals surface area contributed by atoms with Crippen LogP contribution in [0.1, 0.15) is 99.1 Å². The maximum Gasteiger partial charge on any atom is 0.308 e. The van der Waals surface area contributed by atoms with E-state index in [1.807, 2.05) is 6.92 Å². The van der Waals surface area contributed by atoms with Gasteiger partial charge in [-0.15, -0.1) is 0 Å². The molecule has 1 spiro atoms. The number of ether oxygens (including phenoxy) is 3. The second-order valence-corrected chi connectivity index (χ2v) is 11.8. The fourth-order valence-corrected chi connectivity index (χ4v) is 6.17. The van der Waals surface area contributed by atoms with Gasteiger partial charge in [0.25, 0.3) is 11.8 Å². The normalized spacial score (nSPS) is 21.6. The highest BCUT2D eigenvalue weighted by atomic mass is 19.1. The number of carbonyl (C=O) groups excluding carboxylic acids is 3. The summed E-state index contributed by atoms with van der Waals surface area (Å²) < 4.78 is 45.5. The number of hydrogen-bond donors (Lipinski definition) is 1. The van der Waals surface area contributed by atoms with E-state index in [4.69, 9.17) is 19.0 Å². The van der Waals surface area contributed by atoms with Crippen molar-refractivity contribution in [3.05, 3.63) is 63.1 Å². The van der Waals surface area contributed by atoms with E-state index < -0.39 is 64.6 Å². The Hall–Kier alpha value is -4.49. The molecule has 4 heterocycles. The van der Waals surface area contributed by atoms with Crippen LogP contribution in [-0.4, -0.2) is 65.2 Å². The van der Waals surface area contributed by atoms with E-state index >= 15 is 0 Å². The molecular formula is C32H40F2N4O8. The van der Waals surface area contributed by atoms with Gasteiger partial charge >= 0.3 is 5.97 Å². The summed E-state index contributed by atoms with van der Waals surface area (Å²) in [6, 6.07) is 2.08. The average Bonchev–Trinajstić information content (AvgIpc) is 3.41. The maximum absolute atomic E-state index is 14.3. The predicted molar refractivity (Wildman–Crippen MR) is 162 cm³/mol. The molecule has 46 heavy (non-hydrogen) atoms. The SMILES string of the molecule is CCCCCCC(=O)OCOc1c2n(cc(C(=O)NCc3ccc(F)cc3F)c1=O)[C@@H]1CN(C2=O)[C@@H](C)CC[C@]12CC(OC)=NO2.[HH]. The van der Waals surface area contributed by atoms with Crippen molar-refractivity contribution in [2.24, 2.45) is 5.16 Å². The van der Waals surface area contributed by atoms with Gasteiger partial charge in [-0.3, -0.25) is 19.2 Å². The number of carbonyl (C=O) groups is 3. The molecule has 3 aliphatic heterocycles. The lowest BCUT2D eigenvalue weighted by molar-refractivity contribution is -0.150. The molecule has 5 rings (SSSR count). The highest BCUT2D eigenvalue weighted by molar-refractivity contribution is 5.99. The molecule has 0 unspecified atom stereocenters. The van der Waals surface area contributed by atoms with Gasteiger partial charge in [-0.25, -0.2) is 8.78 Å². The molecule has 1 aromatic carbocycles. The molecule has 2 amide bonds. The van der Waals surface area contributed by atoms with Crippen LogP contribution in [0, 0.1) is 11.6 Å². The Morgan fingerprint density at radius 2 is 2.02 bits per heavy atom. The lowest BCUT2D eigenvalue weighted by Crippen LogP contribution is -2.52. The Kier molecular flexibility index (Phi) is 9.92. The number of rotatable bonds is 11. The van der Waals surface area contributed by atoms with Crippen molar-refractivity contribution < 1.29 is 43.6 Å². The van der Waals surface area contributed by atoms with Gasteiger partial charge < -0.3 is 33.8 Å². The Bertz CT molecular complexity index is 1600. The number of benzene rings is 1. The Morgan fingerprint density at radius 1 is 1.22 bits per heavy atom. The van der Waals surface area contributed by atoms with Crippen molar-refractivity contribution in [2.75, 3.05) is 20.4 Å². The van der Waals surface area contributed by atoms with Crippen LogP contribution in [0.5, 0.6) is 5.75 Å². The highest BCUT2D eigenvalue weighted by Gasteiger charge is 2.55. The summed E-state index contributed by atoms with van der Waals surface area (Å²) in [6.07, 6.45) is 6.26. The van der Waals surface area contributed by atoms with Gasteiger partial charge in [0.05, 0.1) is 19.6 Å². The molecule has 0 aliphatic carbocycles. The Morgan fingerprint density at radius 3 is 2.74 bits per heavy atom. The molecule has 1 aromatic heterocycles. The summed E-state index contributed by atoms with van der Waals surface area (Å²) in [5.41, 5.74) is -2.40. The van der Waals surface area contributed by atoms with E-state index in [1.165, 1.54) is 23.9 Å². The fourth-order valence-electron chi connectivity index (χ4n) is 6.17. The average molecular weight is 647 g/mol. The van der Waals surface area contributed by atoms with E-state index in [1.54, 1.807) is 4.90 Å². The second-order valence-electron chi connectivity index (χ2n) is 11.8. The number of aromatic nitrogens is 1. The highest BCUT2D eigenvalue weighted by Crippen LogP contribution is 2.46. The zero-order valence-electron chi connectivity index (χ0n) is 26.1. The molecule has 2 bridgehead atoms. The van der Waals surface area contributed by atoms with Crippen molar-refractivity contribution >= 4 is 23.7 Å². The number of nitrogens with zero attached hydrogens (tertiary/aromatic N) is 3. The topological polar surface area (TPSA) is 138 Å². The van der Waals surface area contributed by atoms with Gasteiger partial charge in [0.2, 0.25) is 23.9 Å². The Labute approximate surface area is 266 Å². The fraction of sp³-hybridized carbons (Fsp3) is 0.531. The second kappa shape index (κ2) is 13.9. The van der Waals surface area contributed by atoms with E-state index in [9.17, 15) is 28.0 Å². The minimum absolute atomic E-state index is 0. The van der Waals surface area contributed by atoms with Crippen molar-refractivity contribution in [1.82, 2.24) is 14.8 Å². The molecule has 12 nitrogen and oxygen atoms in total.